The van der Waals surface area contributed by atoms with E-state index in [1.54, 1.807) is 13.2 Å². The molecule has 4 N–H and O–H groups in total. The lowest BCUT2D eigenvalue weighted by Crippen LogP contribution is -2.66. The summed E-state index contributed by atoms with van der Waals surface area (Å²) in [5.41, 5.74) is 0. The van der Waals surface area contributed by atoms with Gasteiger partial charge in [0.2, 0.25) is 5.91 Å². The van der Waals surface area contributed by atoms with E-state index >= 15 is 0 Å². The van der Waals surface area contributed by atoms with E-state index in [4.69, 9.17) is 14.2 Å². The Morgan fingerprint density at radius 3 is 2.64 bits per heavy atom. The van der Waals surface area contributed by atoms with E-state index in [2.05, 4.69) is 34.3 Å². The van der Waals surface area contributed by atoms with Gasteiger partial charge in [0.1, 0.15) is 0 Å². The number of amides is 1. The maximum absolute atomic E-state index is 12.8. The third-order valence-corrected chi connectivity index (χ3v) is 9.97. The lowest BCUT2D eigenvalue weighted by molar-refractivity contribution is -0.120. The second-order valence-electron chi connectivity index (χ2n) is 13.2. The highest BCUT2D eigenvalue weighted by molar-refractivity contribution is 5.87. The molecule has 2 saturated carbocycles. The molecular formula is C32H56N6O4. The van der Waals surface area contributed by atoms with Gasteiger partial charge in [-0.25, -0.2) is 0 Å². The fraction of sp³-hybridized carbons (Fsp3) is 0.875. The molecule has 2 aliphatic carbocycles. The van der Waals surface area contributed by atoms with Gasteiger partial charge in [-0.2, -0.15) is 5.26 Å². The van der Waals surface area contributed by atoms with Crippen LogP contribution in [0, 0.1) is 29.1 Å². The molecule has 2 saturated heterocycles. The first kappa shape index (κ1) is 33.3. The minimum atomic E-state index is -0.139. The molecule has 0 aromatic carbocycles. The van der Waals surface area contributed by atoms with Crippen LogP contribution < -0.4 is 21.3 Å². The maximum atomic E-state index is 12.8. The van der Waals surface area contributed by atoms with E-state index in [0.29, 0.717) is 31.7 Å². The number of fused-ring (bicyclic) bond motifs is 1. The fourth-order valence-corrected chi connectivity index (χ4v) is 7.58. The van der Waals surface area contributed by atoms with Crippen LogP contribution in [-0.2, 0) is 19.0 Å². The average molecular weight is 589 g/mol. The number of nitrogens with zero attached hydrogens (tertiary/aromatic N) is 2. The highest BCUT2D eigenvalue weighted by Crippen LogP contribution is 2.36. The lowest BCUT2D eigenvalue weighted by atomic mass is 9.69. The Morgan fingerprint density at radius 2 is 1.93 bits per heavy atom. The van der Waals surface area contributed by atoms with Gasteiger partial charge in [-0.05, 0) is 84.3 Å². The van der Waals surface area contributed by atoms with Crippen LogP contribution >= 0.6 is 0 Å². The van der Waals surface area contributed by atoms with Crippen LogP contribution in [0.2, 0.25) is 0 Å². The largest absolute Gasteiger partial charge is 0.379 e. The van der Waals surface area contributed by atoms with Crippen molar-refractivity contribution in [2.45, 2.75) is 107 Å². The second-order valence-corrected chi connectivity index (χ2v) is 13.2. The number of rotatable bonds is 12. The van der Waals surface area contributed by atoms with Gasteiger partial charge in [0, 0.05) is 57.0 Å². The molecule has 1 amide bonds. The molecule has 0 spiro atoms. The van der Waals surface area contributed by atoms with Crippen LogP contribution in [0.1, 0.15) is 58.8 Å². The zero-order chi connectivity index (χ0) is 30.1. The molecule has 4 rings (SSSR count). The second kappa shape index (κ2) is 16.5. The molecule has 11 atom stereocenters. The topological polar surface area (TPSA) is 120 Å². The van der Waals surface area contributed by atoms with Crippen molar-refractivity contribution in [2.75, 3.05) is 54.1 Å². The standard InChI is InChI=1S/C32H56N6O4/c1-6-41-29-17-25-24(16-26(29)37-31(39)10-8-14-38(3)4)32(22(18-33)19-35-25)36-23-11-12-28(30(15-23)40-5)42-20-27-21(2)9-7-13-34-27/h8,10,21-30,32,34-36H,6-7,9,11-17,19-20H2,1-5H3,(H,37,39)/b10-8+. The summed E-state index contributed by atoms with van der Waals surface area (Å²) in [4.78, 5) is 14.8. The normalized spacial score (nSPS) is 39.1. The number of ether oxygens (including phenoxy) is 3. The molecule has 11 unspecified atom stereocenters. The van der Waals surface area contributed by atoms with E-state index in [1.807, 2.05) is 32.0 Å². The zero-order valence-corrected chi connectivity index (χ0v) is 26.5. The predicted molar refractivity (Wildman–Crippen MR) is 164 cm³/mol. The summed E-state index contributed by atoms with van der Waals surface area (Å²) < 4.78 is 18.5. The first-order valence-corrected chi connectivity index (χ1v) is 16.3. The third-order valence-electron chi connectivity index (χ3n) is 9.97. The summed E-state index contributed by atoms with van der Waals surface area (Å²) in [6, 6.07) is 3.43. The van der Waals surface area contributed by atoms with E-state index in [9.17, 15) is 10.1 Å². The minimum Gasteiger partial charge on any atom is -0.379 e. The number of carbonyl (C=O) groups excluding carboxylic acids is 1. The van der Waals surface area contributed by atoms with Gasteiger partial charge in [-0.15, -0.1) is 0 Å². The molecule has 0 aromatic rings. The third kappa shape index (κ3) is 8.98. The van der Waals surface area contributed by atoms with E-state index in [0.717, 1.165) is 45.3 Å². The van der Waals surface area contributed by atoms with Crippen LogP contribution in [0.15, 0.2) is 12.2 Å². The molecule has 0 aromatic heterocycles. The van der Waals surface area contributed by atoms with Crippen LogP contribution in [-0.4, -0.2) is 113 Å². The van der Waals surface area contributed by atoms with E-state index in [1.165, 1.54) is 12.8 Å². The number of methoxy groups -OCH3 is 1. The van der Waals surface area contributed by atoms with E-state index < -0.39 is 0 Å². The Hall–Kier alpha value is -1.58. The van der Waals surface area contributed by atoms with Gasteiger partial charge in [-0.1, -0.05) is 13.0 Å². The number of nitriles is 1. The summed E-state index contributed by atoms with van der Waals surface area (Å²) in [5, 5.41) is 24.6. The highest BCUT2D eigenvalue weighted by Gasteiger charge is 2.47. The molecule has 10 heteroatoms. The van der Waals surface area contributed by atoms with Crippen molar-refractivity contribution < 1.29 is 19.0 Å². The van der Waals surface area contributed by atoms with Crippen molar-refractivity contribution in [1.82, 2.24) is 26.2 Å². The summed E-state index contributed by atoms with van der Waals surface area (Å²) in [5.74, 6) is 0.619. The Labute approximate surface area is 253 Å². The van der Waals surface area contributed by atoms with Crippen molar-refractivity contribution in [3.63, 3.8) is 0 Å². The number of hydrogen-bond donors (Lipinski definition) is 4. The molecular weight excluding hydrogens is 532 g/mol. The van der Waals surface area contributed by atoms with Gasteiger partial charge in [-0.3, -0.25) is 4.79 Å². The van der Waals surface area contributed by atoms with Crippen molar-refractivity contribution >= 4 is 5.91 Å². The Morgan fingerprint density at radius 1 is 1.10 bits per heavy atom. The van der Waals surface area contributed by atoms with Crippen LogP contribution in [0.4, 0.5) is 0 Å². The monoisotopic (exact) mass is 588 g/mol. The van der Waals surface area contributed by atoms with Crippen molar-refractivity contribution in [1.29, 1.82) is 5.26 Å². The average Bonchev–Trinajstić information content (AvgIpc) is 2.97. The quantitative estimate of drug-likeness (QED) is 0.253. The predicted octanol–water partition coefficient (Wildman–Crippen LogP) is 1.81. The van der Waals surface area contributed by atoms with Gasteiger partial charge >= 0.3 is 0 Å². The molecule has 0 bridgehead atoms. The molecule has 10 nitrogen and oxygen atoms in total. The Balaban J connectivity index is 1.38. The Bertz CT molecular complexity index is 912. The summed E-state index contributed by atoms with van der Waals surface area (Å²) in [7, 11) is 5.75. The summed E-state index contributed by atoms with van der Waals surface area (Å²) >= 11 is 0. The maximum Gasteiger partial charge on any atom is 0.244 e. The van der Waals surface area contributed by atoms with Gasteiger partial charge in [0.15, 0.2) is 0 Å². The number of likely N-dealkylation sites (N-methyl/N-ethyl adjacent to an activating group) is 1. The highest BCUT2D eigenvalue weighted by atomic mass is 16.5. The molecule has 4 fully saturated rings. The van der Waals surface area contributed by atoms with Crippen molar-refractivity contribution in [2.24, 2.45) is 17.8 Å². The van der Waals surface area contributed by atoms with Crippen molar-refractivity contribution in [3.05, 3.63) is 12.2 Å². The van der Waals surface area contributed by atoms with Gasteiger partial charge in [0.05, 0.1) is 42.9 Å². The Kier molecular flexibility index (Phi) is 13.1. The van der Waals surface area contributed by atoms with Gasteiger partial charge < -0.3 is 40.4 Å². The minimum absolute atomic E-state index is 0.0304. The molecule has 2 heterocycles. The molecule has 42 heavy (non-hydrogen) atoms. The lowest BCUT2D eigenvalue weighted by Gasteiger charge is -2.50. The zero-order valence-electron chi connectivity index (χ0n) is 26.5. The fourth-order valence-electron chi connectivity index (χ4n) is 7.58. The number of carbonyl (C=O) groups is 1. The number of piperidine rings is 2. The van der Waals surface area contributed by atoms with Gasteiger partial charge in [0.25, 0.3) is 0 Å². The number of hydrogen-bond acceptors (Lipinski definition) is 9. The molecule has 238 valence electrons. The molecule has 4 aliphatic rings. The number of nitrogens with one attached hydrogen (secondary N) is 4. The molecule has 2 aliphatic heterocycles. The molecule has 0 radical (unpaired) electrons. The smallest absolute Gasteiger partial charge is 0.244 e. The van der Waals surface area contributed by atoms with Crippen molar-refractivity contribution in [3.8, 4) is 6.07 Å². The SMILES string of the molecule is CCOC1CC2NCC(C#N)C(NC3CCC(OCC4NCCCC4C)C(OC)C3)C2CC1NC(=O)/C=C/CN(C)C. The first-order valence-electron chi connectivity index (χ1n) is 16.3. The summed E-state index contributed by atoms with van der Waals surface area (Å²) in [6.07, 6.45) is 10.5. The first-order chi connectivity index (χ1) is 20.3. The van der Waals surface area contributed by atoms with Crippen LogP contribution in [0.3, 0.4) is 0 Å². The van der Waals surface area contributed by atoms with Crippen LogP contribution in [0.25, 0.3) is 0 Å². The summed E-state index contributed by atoms with van der Waals surface area (Å²) in [6.45, 7) is 8.10. The van der Waals surface area contributed by atoms with Crippen LogP contribution in [0.5, 0.6) is 0 Å². The van der Waals surface area contributed by atoms with E-state index in [-0.39, 0.29) is 60.2 Å².